The van der Waals surface area contributed by atoms with Gasteiger partial charge in [0.2, 0.25) is 0 Å². The maximum absolute atomic E-state index is 13.2. The van der Waals surface area contributed by atoms with E-state index in [1.165, 1.54) is 17.7 Å². The lowest BCUT2D eigenvalue weighted by Gasteiger charge is -2.36. The largest absolute Gasteiger partial charge is 0.368 e. The molecule has 7 heteroatoms. The second kappa shape index (κ2) is 9.58. The van der Waals surface area contributed by atoms with E-state index >= 15 is 0 Å². The number of anilines is 2. The summed E-state index contributed by atoms with van der Waals surface area (Å²) >= 11 is 0. The molecular weight excluding hydrogens is 417 g/mol. The normalized spacial score (nSPS) is 18.9. The number of halogens is 1. The molecule has 1 unspecified atom stereocenters. The molecule has 2 aromatic carbocycles. The van der Waals surface area contributed by atoms with E-state index in [4.69, 9.17) is 0 Å². The Labute approximate surface area is 193 Å². The molecule has 0 radical (unpaired) electrons. The molecule has 5 rings (SSSR count). The number of piperazine rings is 2. The van der Waals surface area contributed by atoms with Gasteiger partial charge in [0, 0.05) is 69.3 Å². The van der Waals surface area contributed by atoms with Gasteiger partial charge in [0.05, 0.1) is 0 Å². The highest BCUT2D eigenvalue weighted by atomic mass is 19.1. The predicted octanol–water partition coefficient (Wildman–Crippen LogP) is 3.33. The summed E-state index contributed by atoms with van der Waals surface area (Å²) in [4.78, 5) is 24.1. The van der Waals surface area contributed by atoms with Crippen LogP contribution in [0.15, 0.2) is 72.9 Å². The topological polar surface area (TPSA) is 51.7 Å². The standard InChI is InChI=1S/C26H28FN5O/c27-22-6-8-23(9-7-22)30-14-16-31(17-15-30)26(33)21-10-11-29-25(18-21)32-13-12-28-24(19-32)20-4-2-1-3-5-20/h1-11,18,24,28H,12-17,19H2. The molecule has 3 heterocycles. The van der Waals surface area contributed by atoms with Crippen molar-refractivity contribution in [2.45, 2.75) is 6.04 Å². The van der Waals surface area contributed by atoms with Crippen LogP contribution in [0.4, 0.5) is 15.9 Å². The predicted molar refractivity (Wildman–Crippen MR) is 128 cm³/mol. The van der Waals surface area contributed by atoms with Crippen molar-refractivity contribution in [1.82, 2.24) is 15.2 Å². The molecule has 33 heavy (non-hydrogen) atoms. The number of pyridine rings is 1. The zero-order valence-electron chi connectivity index (χ0n) is 18.5. The van der Waals surface area contributed by atoms with Crippen LogP contribution in [-0.2, 0) is 0 Å². The Morgan fingerprint density at radius 2 is 1.67 bits per heavy atom. The lowest BCUT2D eigenvalue weighted by molar-refractivity contribution is 0.0746. The third-order valence-electron chi connectivity index (χ3n) is 6.45. The van der Waals surface area contributed by atoms with Gasteiger partial charge in [-0.3, -0.25) is 4.79 Å². The van der Waals surface area contributed by atoms with Crippen LogP contribution in [0.25, 0.3) is 0 Å². The van der Waals surface area contributed by atoms with Crippen molar-refractivity contribution >= 4 is 17.4 Å². The second-order valence-electron chi connectivity index (χ2n) is 8.52. The molecule has 1 N–H and O–H groups in total. The number of benzene rings is 2. The zero-order valence-corrected chi connectivity index (χ0v) is 18.5. The fraction of sp³-hybridized carbons (Fsp3) is 0.308. The Morgan fingerprint density at radius 3 is 2.42 bits per heavy atom. The number of rotatable bonds is 4. The first-order chi connectivity index (χ1) is 16.2. The number of aromatic nitrogens is 1. The molecule has 1 atom stereocenters. The molecule has 1 amide bonds. The van der Waals surface area contributed by atoms with E-state index in [9.17, 15) is 9.18 Å². The van der Waals surface area contributed by atoms with Gasteiger partial charge in [-0.1, -0.05) is 30.3 Å². The van der Waals surface area contributed by atoms with E-state index in [-0.39, 0.29) is 17.8 Å². The van der Waals surface area contributed by atoms with E-state index < -0.39 is 0 Å². The minimum absolute atomic E-state index is 0.0344. The second-order valence-corrected chi connectivity index (χ2v) is 8.52. The summed E-state index contributed by atoms with van der Waals surface area (Å²) in [6.07, 6.45) is 1.73. The average Bonchev–Trinajstić information content (AvgIpc) is 2.89. The van der Waals surface area contributed by atoms with E-state index in [2.05, 4.69) is 44.4 Å². The summed E-state index contributed by atoms with van der Waals surface area (Å²) in [5, 5.41) is 3.57. The fourth-order valence-electron chi connectivity index (χ4n) is 4.59. The van der Waals surface area contributed by atoms with Crippen molar-refractivity contribution < 1.29 is 9.18 Å². The number of carbonyl (C=O) groups is 1. The van der Waals surface area contributed by atoms with Gasteiger partial charge in [0.15, 0.2) is 0 Å². The van der Waals surface area contributed by atoms with Crippen LogP contribution in [-0.4, -0.2) is 61.6 Å². The molecule has 2 saturated heterocycles. The van der Waals surface area contributed by atoms with Crippen LogP contribution in [0.3, 0.4) is 0 Å². The first-order valence-electron chi connectivity index (χ1n) is 11.5. The number of amides is 1. The molecular formula is C26H28FN5O. The van der Waals surface area contributed by atoms with Gasteiger partial charge in [-0.05, 0) is 42.0 Å². The number of nitrogens with one attached hydrogen (secondary N) is 1. The average molecular weight is 446 g/mol. The smallest absolute Gasteiger partial charge is 0.254 e. The number of hydrogen-bond donors (Lipinski definition) is 1. The summed E-state index contributed by atoms with van der Waals surface area (Å²) in [5.41, 5.74) is 2.92. The van der Waals surface area contributed by atoms with Gasteiger partial charge in [-0.15, -0.1) is 0 Å². The summed E-state index contributed by atoms with van der Waals surface area (Å²) < 4.78 is 13.2. The molecule has 2 fully saturated rings. The molecule has 6 nitrogen and oxygen atoms in total. The van der Waals surface area contributed by atoms with Gasteiger partial charge in [-0.25, -0.2) is 9.37 Å². The Kier molecular flexibility index (Phi) is 6.21. The van der Waals surface area contributed by atoms with Crippen molar-refractivity contribution in [2.24, 2.45) is 0 Å². The highest BCUT2D eigenvalue weighted by Gasteiger charge is 2.25. The minimum Gasteiger partial charge on any atom is -0.368 e. The number of hydrogen-bond acceptors (Lipinski definition) is 5. The van der Waals surface area contributed by atoms with Crippen LogP contribution in [0.2, 0.25) is 0 Å². The Morgan fingerprint density at radius 1 is 0.909 bits per heavy atom. The van der Waals surface area contributed by atoms with Crippen LogP contribution in [0, 0.1) is 5.82 Å². The van der Waals surface area contributed by atoms with E-state index in [0.29, 0.717) is 18.7 Å². The third kappa shape index (κ3) is 4.83. The fourth-order valence-corrected chi connectivity index (χ4v) is 4.59. The molecule has 170 valence electrons. The quantitative estimate of drug-likeness (QED) is 0.668. The molecule has 2 aliphatic rings. The first kappa shape index (κ1) is 21.4. The number of carbonyl (C=O) groups excluding carboxylic acids is 1. The lowest BCUT2D eigenvalue weighted by Crippen LogP contribution is -2.49. The summed E-state index contributed by atoms with van der Waals surface area (Å²) in [7, 11) is 0. The van der Waals surface area contributed by atoms with Crippen LogP contribution < -0.4 is 15.1 Å². The van der Waals surface area contributed by atoms with Crippen LogP contribution >= 0.6 is 0 Å². The molecule has 0 bridgehead atoms. The molecule has 2 aliphatic heterocycles. The van der Waals surface area contributed by atoms with E-state index in [0.717, 1.165) is 44.2 Å². The SMILES string of the molecule is O=C(c1ccnc(N2CCNC(c3ccccc3)C2)c1)N1CCN(c2ccc(F)cc2)CC1. The lowest BCUT2D eigenvalue weighted by atomic mass is 10.0. The Hall–Kier alpha value is -3.45. The molecule has 0 aliphatic carbocycles. The van der Waals surface area contributed by atoms with Crippen LogP contribution in [0.5, 0.6) is 0 Å². The highest BCUT2D eigenvalue weighted by Crippen LogP contribution is 2.23. The van der Waals surface area contributed by atoms with Crippen molar-refractivity contribution in [3.63, 3.8) is 0 Å². The van der Waals surface area contributed by atoms with Gasteiger partial charge >= 0.3 is 0 Å². The summed E-state index contributed by atoms with van der Waals surface area (Å²) in [6.45, 7) is 5.26. The molecule has 3 aromatic rings. The molecule has 1 aromatic heterocycles. The van der Waals surface area contributed by atoms with Crippen molar-refractivity contribution in [1.29, 1.82) is 0 Å². The number of nitrogens with zero attached hydrogens (tertiary/aromatic N) is 4. The maximum Gasteiger partial charge on any atom is 0.254 e. The molecule has 0 spiro atoms. The van der Waals surface area contributed by atoms with Crippen LogP contribution in [0.1, 0.15) is 22.0 Å². The molecule has 0 saturated carbocycles. The van der Waals surface area contributed by atoms with Gasteiger partial charge < -0.3 is 20.0 Å². The van der Waals surface area contributed by atoms with Crippen molar-refractivity contribution in [3.05, 3.63) is 89.9 Å². The highest BCUT2D eigenvalue weighted by molar-refractivity contribution is 5.95. The summed E-state index contributed by atoms with van der Waals surface area (Å²) in [6, 6.07) is 20.9. The van der Waals surface area contributed by atoms with Gasteiger partial charge in [0.25, 0.3) is 5.91 Å². The van der Waals surface area contributed by atoms with Crippen molar-refractivity contribution in [3.8, 4) is 0 Å². The maximum atomic E-state index is 13.2. The minimum atomic E-state index is -0.236. The first-order valence-corrected chi connectivity index (χ1v) is 11.5. The van der Waals surface area contributed by atoms with E-state index in [1.807, 2.05) is 17.0 Å². The van der Waals surface area contributed by atoms with Gasteiger partial charge in [0.1, 0.15) is 11.6 Å². The Bertz CT molecular complexity index is 1080. The van der Waals surface area contributed by atoms with Gasteiger partial charge in [-0.2, -0.15) is 0 Å². The van der Waals surface area contributed by atoms with E-state index in [1.54, 1.807) is 24.4 Å². The Balaban J connectivity index is 1.23. The third-order valence-corrected chi connectivity index (χ3v) is 6.45. The zero-order chi connectivity index (χ0) is 22.6. The monoisotopic (exact) mass is 445 g/mol. The van der Waals surface area contributed by atoms with Crippen molar-refractivity contribution in [2.75, 3.05) is 55.6 Å². The summed E-state index contributed by atoms with van der Waals surface area (Å²) in [5.74, 6) is 0.640.